The Morgan fingerprint density at radius 2 is 1.73 bits per heavy atom. The Bertz CT molecular complexity index is 1650. The summed E-state index contributed by atoms with van der Waals surface area (Å²) in [5.74, 6) is 0.121. The summed E-state index contributed by atoms with van der Waals surface area (Å²) in [7, 11) is 1.59. The van der Waals surface area contributed by atoms with E-state index >= 15 is 0 Å². The molecule has 1 aliphatic heterocycles. The first-order valence-electron chi connectivity index (χ1n) is 12.5. The lowest BCUT2D eigenvalue weighted by atomic mass is 9.96. The van der Waals surface area contributed by atoms with Crippen molar-refractivity contribution in [3.05, 3.63) is 99.3 Å². The highest BCUT2D eigenvalue weighted by Crippen LogP contribution is 2.36. The van der Waals surface area contributed by atoms with Crippen molar-refractivity contribution in [2.24, 2.45) is 7.05 Å². The van der Waals surface area contributed by atoms with Crippen molar-refractivity contribution in [2.45, 2.75) is 38.1 Å². The summed E-state index contributed by atoms with van der Waals surface area (Å²) in [6.45, 7) is 12.1. The van der Waals surface area contributed by atoms with Crippen LogP contribution in [0.25, 0.3) is 15.9 Å². The topological polar surface area (TPSA) is 71.5 Å². The summed E-state index contributed by atoms with van der Waals surface area (Å²) in [6, 6.07) is 10.5. The Kier molecular flexibility index (Phi) is 7.01. The third-order valence-electron chi connectivity index (χ3n) is 7.25. The van der Waals surface area contributed by atoms with E-state index in [0.29, 0.717) is 41.2 Å². The molecule has 3 atom stereocenters. The SMILES string of the molecule is [C-]#[N+]c1ccc2c(n1)c(N1C[C@@H](C)N(C(c3ccc(F)cc3)c3ccc(C(F)(F)F)cn3)C[C@@H]1C)nc(=O)n2C. The molecule has 0 bridgehead atoms. The smallest absolute Gasteiger partial charge is 0.361 e. The number of alkyl halides is 3. The van der Waals surface area contributed by atoms with Crippen molar-refractivity contribution in [1.29, 1.82) is 0 Å². The van der Waals surface area contributed by atoms with Gasteiger partial charge in [0.1, 0.15) is 5.82 Å². The van der Waals surface area contributed by atoms with E-state index in [9.17, 15) is 22.4 Å². The van der Waals surface area contributed by atoms with E-state index < -0.39 is 29.3 Å². The molecule has 1 fully saturated rings. The van der Waals surface area contributed by atoms with E-state index in [0.717, 1.165) is 12.3 Å². The van der Waals surface area contributed by atoms with Crippen LogP contribution < -0.4 is 10.6 Å². The average molecular weight is 552 g/mol. The summed E-state index contributed by atoms with van der Waals surface area (Å²) in [4.78, 5) is 33.1. The Labute approximate surface area is 227 Å². The lowest BCUT2D eigenvalue weighted by Crippen LogP contribution is -2.58. The molecule has 1 aromatic carbocycles. The fraction of sp³-hybridized carbons (Fsp3) is 0.321. The number of benzene rings is 1. The molecule has 4 heterocycles. The Morgan fingerprint density at radius 1 is 1.00 bits per heavy atom. The predicted octanol–water partition coefficient (Wildman–Crippen LogP) is 5.12. The minimum Gasteiger partial charge on any atom is -0.361 e. The number of nitrogens with zero attached hydrogens (tertiary/aromatic N) is 7. The van der Waals surface area contributed by atoms with Gasteiger partial charge in [-0.3, -0.25) is 14.5 Å². The largest absolute Gasteiger partial charge is 0.417 e. The van der Waals surface area contributed by atoms with Gasteiger partial charge in [-0.2, -0.15) is 18.2 Å². The van der Waals surface area contributed by atoms with Gasteiger partial charge in [0.2, 0.25) is 5.52 Å². The van der Waals surface area contributed by atoms with Gasteiger partial charge in [0.25, 0.3) is 5.82 Å². The number of aromatic nitrogens is 4. The molecule has 4 aromatic rings. The van der Waals surface area contributed by atoms with E-state index in [4.69, 9.17) is 6.57 Å². The first-order valence-corrected chi connectivity index (χ1v) is 12.5. The molecule has 1 unspecified atom stereocenters. The van der Waals surface area contributed by atoms with Crippen LogP contribution in [0.5, 0.6) is 0 Å². The molecule has 0 radical (unpaired) electrons. The summed E-state index contributed by atoms with van der Waals surface area (Å²) < 4.78 is 54.8. The Hall–Kier alpha value is -4.37. The van der Waals surface area contributed by atoms with E-state index in [-0.39, 0.29) is 17.9 Å². The van der Waals surface area contributed by atoms with Crippen LogP contribution >= 0.6 is 0 Å². The molecule has 206 valence electrons. The van der Waals surface area contributed by atoms with Gasteiger partial charge < -0.3 is 9.74 Å². The molecule has 8 nitrogen and oxygen atoms in total. The second kappa shape index (κ2) is 10.3. The van der Waals surface area contributed by atoms with Crippen LogP contribution in [-0.2, 0) is 13.2 Å². The maximum Gasteiger partial charge on any atom is 0.417 e. The van der Waals surface area contributed by atoms with Crippen molar-refractivity contribution in [1.82, 2.24) is 24.4 Å². The zero-order chi connectivity index (χ0) is 28.8. The first kappa shape index (κ1) is 27.2. The zero-order valence-electron chi connectivity index (χ0n) is 21.9. The number of aryl methyl sites for hydroxylation is 1. The van der Waals surface area contributed by atoms with Crippen molar-refractivity contribution < 1.29 is 17.6 Å². The van der Waals surface area contributed by atoms with Crippen LogP contribution in [0.2, 0.25) is 0 Å². The van der Waals surface area contributed by atoms with Gasteiger partial charge in [-0.25, -0.2) is 9.18 Å². The summed E-state index contributed by atoms with van der Waals surface area (Å²) in [6.07, 6.45) is -3.71. The van der Waals surface area contributed by atoms with Crippen LogP contribution in [-0.4, -0.2) is 49.6 Å². The van der Waals surface area contributed by atoms with Gasteiger partial charge in [-0.05, 0) is 55.8 Å². The zero-order valence-corrected chi connectivity index (χ0v) is 21.9. The number of hydrogen-bond donors (Lipinski definition) is 0. The number of pyridine rings is 2. The Balaban J connectivity index is 1.54. The molecule has 0 saturated carbocycles. The lowest BCUT2D eigenvalue weighted by Gasteiger charge is -2.47. The van der Waals surface area contributed by atoms with Crippen LogP contribution in [0.4, 0.5) is 29.2 Å². The quantitative estimate of drug-likeness (QED) is 0.259. The van der Waals surface area contributed by atoms with E-state index in [1.165, 1.54) is 22.8 Å². The predicted molar refractivity (Wildman–Crippen MR) is 141 cm³/mol. The van der Waals surface area contributed by atoms with Crippen molar-refractivity contribution in [3.63, 3.8) is 0 Å². The lowest BCUT2D eigenvalue weighted by molar-refractivity contribution is -0.137. The maximum atomic E-state index is 13.8. The van der Waals surface area contributed by atoms with E-state index in [1.807, 2.05) is 18.7 Å². The summed E-state index contributed by atoms with van der Waals surface area (Å²) in [5.41, 5.74) is 0.746. The summed E-state index contributed by atoms with van der Waals surface area (Å²) in [5, 5.41) is 0. The third-order valence-corrected chi connectivity index (χ3v) is 7.25. The van der Waals surface area contributed by atoms with Gasteiger partial charge in [0.05, 0.1) is 22.8 Å². The minimum absolute atomic E-state index is 0.179. The fourth-order valence-electron chi connectivity index (χ4n) is 5.18. The first-order chi connectivity index (χ1) is 19.0. The average Bonchev–Trinajstić information content (AvgIpc) is 2.93. The van der Waals surface area contributed by atoms with Gasteiger partial charge in [-0.1, -0.05) is 18.7 Å². The monoisotopic (exact) mass is 551 g/mol. The molecule has 0 amide bonds. The van der Waals surface area contributed by atoms with E-state index in [2.05, 4.69) is 24.7 Å². The third kappa shape index (κ3) is 5.00. The number of halogens is 4. The highest BCUT2D eigenvalue weighted by atomic mass is 19.4. The number of piperazine rings is 1. The maximum absolute atomic E-state index is 13.8. The molecular weight excluding hydrogens is 526 g/mol. The number of rotatable bonds is 4. The minimum atomic E-state index is -4.52. The van der Waals surface area contributed by atoms with Gasteiger partial charge in [-0.15, -0.1) is 4.98 Å². The van der Waals surface area contributed by atoms with Crippen LogP contribution in [0, 0.1) is 12.4 Å². The molecular formula is C28H25F4N7O. The highest BCUT2D eigenvalue weighted by molar-refractivity contribution is 5.87. The van der Waals surface area contributed by atoms with Gasteiger partial charge >= 0.3 is 11.9 Å². The molecule has 5 rings (SSSR count). The van der Waals surface area contributed by atoms with Crippen LogP contribution in [0.1, 0.15) is 36.7 Å². The number of hydrogen-bond acceptors (Lipinski definition) is 6. The molecule has 1 saturated heterocycles. The van der Waals surface area contributed by atoms with E-state index in [1.54, 1.807) is 31.3 Å². The fourth-order valence-corrected chi connectivity index (χ4v) is 5.18. The molecule has 0 aliphatic carbocycles. The second-order valence-corrected chi connectivity index (χ2v) is 9.90. The van der Waals surface area contributed by atoms with Crippen molar-refractivity contribution in [2.75, 3.05) is 18.0 Å². The van der Waals surface area contributed by atoms with Crippen molar-refractivity contribution in [3.8, 4) is 0 Å². The number of anilines is 1. The molecule has 0 spiro atoms. The standard InChI is InChI=1S/C28H25F4N7O/c1-16-15-39(26-24-22(37(4)27(40)36-26)11-12-23(33-3)35-24)17(2)14-38(16)25(18-5-8-20(29)9-6-18)21-10-7-19(13-34-21)28(30,31)32/h5-13,16-17,25H,14-15H2,1-2,4H3/t16-,17+,25?/m1/s1. The molecule has 0 N–H and O–H groups in total. The van der Waals surface area contributed by atoms with Crippen molar-refractivity contribution >= 4 is 22.7 Å². The van der Waals surface area contributed by atoms with Crippen LogP contribution in [0.3, 0.4) is 0 Å². The normalized spacial score (nSPS) is 19.0. The Morgan fingerprint density at radius 3 is 2.35 bits per heavy atom. The molecule has 1 aliphatic rings. The van der Waals surface area contributed by atoms with Gasteiger partial charge in [0, 0.05) is 38.4 Å². The highest BCUT2D eigenvalue weighted by Gasteiger charge is 2.38. The number of fused-ring (bicyclic) bond motifs is 1. The second-order valence-electron chi connectivity index (χ2n) is 9.90. The van der Waals surface area contributed by atoms with Crippen LogP contribution in [0.15, 0.2) is 59.5 Å². The molecule has 40 heavy (non-hydrogen) atoms. The molecule has 12 heteroatoms. The van der Waals surface area contributed by atoms with Gasteiger partial charge in [0.15, 0.2) is 5.82 Å². The summed E-state index contributed by atoms with van der Waals surface area (Å²) >= 11 is 0. The molecule has 3 aromatic heterocycles.